The summed E-state index contributed by atoms with van der Waals surface area (Å²) in [5.74, 6) is -1.81. The molecule has 3 aromatic rings. The molecule has 3 nitrogen and oxygen atoms in total. The lowest BCUT2D eigenvalue weighted by molar-refractivity contribution is -0.122. The molecule has 3 rings (SSSR count). The van der Waals surface area contributed by atoms with Crippen molar-refractivity contribution in [2.45, 2.75) is 19.4 Å². The first-order valence-corrected chi connectivity index (χ1v) is 7.98. The van der Waals surface area contributed by atoms with Crippen LogP contribution in [0.1, 0.15) is 13.3 Å². The summed E-state index contributed by atoms with van der Waals surface area (Å²) in [4.78, 5) is 12.4. The molecule has 1 unspecified atom stereocenters. The van der Waals surface area contributed by atoms with Crippen molar-refractivity contribution in [2.24, 2.45) is 0 Å². The zero-order valence-electron chi connectivity index (χ0n) is 13.6. The van der Waals surface area contributed by atoms with Gasteiger partial charge in [-0.25, -0.2) is 8.78 Å². The third-order valence-corrected chi connectivity index (χ3v) is 3.85. The minimum absolute atomic E-state index is 0.185. The summed E-state index contributed by atoms with van der Waals surface area (Å²) >= 11 is 0. The van der Waals surface area contributed by atoms with Gasteiger partial charge < -0.3 is 10.1 Å². The number of rotatable bonds is 5. The lowest BCUT2D eigenvalue weighted by atomic mass is 10.1. The molecule has 5 heteroatoms. The summed E-state index contributed by atoms with van der Waals surface area (Å²) in [6, 6.07) is 16.6. The molecular formula is C20H17F2NO2. The third-order valence-electron chi connectivity index (χ3n) is 3.85. The Labute approximate surface area is 144 Å². The topological polar surface area (TPSA) is 38.3 Å². The maximum Gasteiger partial charge on any atom is 0.265 e. The van der Waals surface area contributed by atoms with Crippen LogP contribution in [0.4, 0.5) is 14.5 Å². The van der Waals surface area contributed by atoms with Crippen molar-refractivity contribution in [2.75, 3.05) is 5.32 Å². The number of hydrogen-bond acceptors (Lipinski definition) is 2. The van der Waals surface area contributed by atoms with E-state index in [1.165, 1.54) is 6.07 Å². The Morgan fingerprint density at radius 3 is 2.48 bits per heavy atom. The molecule has 0 saturated heterocycles. The quantitative estimate of drug-likeness (QED) is 0.716. The Bertz CT molecular complexity index is 911. The molecule has 0 aliphatic rings. The van der Waals surface area contributed by atoms with Crippen LogP contribution < -0.4 is 10.1 Å². The Hall–Kier alpha value is -2.95. The highest BCUT2D eigenvalue weighted by Gasteiger charge is 2.19. The monoisotopic (exact) mass is 341 g/mol. The van der Waals surface area contributed by atoms with Gasteiger partial charge in [0.25, 0.3) is 5.91 Å². The normalized spacial score (nSPS) is 12.0. The van der Waals surface area contributed by atoms with Crippen LogP contribution in [0.5, 0.6) is 5.75 Å². The van der Waals surface area contributed by atoms with E-state index in [0.717, 1.165) is 22.9 Å². The highest BCUT2D eigenvalue weighted by molar-refractivity contribution is 5.94. The van der Waals surface area contributed by atoms with E-state index in [1.54, 1.807) is 6.07 Å². The van der Waals surface area contributed by atoms with Gasteiger partial charge in [0.1, 0.15) is 5.75 Å². The van der Waals surface area contributed by atoms with Crippen molar-refractivity contribution in [1.82, 2.24) is 0 Å². The fourth-order valence-corrected chi connectivity index (χ4v) is 2.52. The van der Waals surface area contributed by atoms with Crippen LogP contribution in [0, 0.1) is 11.6 Å². The van der Waals surface area contributed by atoms with Crippen LogP contribution >= 0.6 is 0 Å². The van der Waals surface area contributed by atoms with Gasteiger partial charge in [0.05, 0.1) is 0 Å². The minimum atomic E-state index is -1.01. The van der Waals surface area contributed by atoms with Gasteiger partial charge in [-0.05, 0) is 41.5 Å². The van der Waals surface area contributed by atoms with Gasteiger partial charge in [0.15, 0.2) is 17.7 Å². The average Bonchev–Trinajstić information content (AvgIpc) is 2.62. The van der Waals surface area contributed by atoms with Gasteiger partial charge in [-0.3, -0.25) is 4.79 Å². The maximum absolute atomic E-state index is 13.3. The Balaban J connectivity index is 1.73. The van der Waals surface area contributed by atoms with Gasteiger partial charge in [-0.2, -0.15) is 0 Å². The van der Waals surface area contributed by atoms with Gasteiger partial charge in [0, 0.05) is 11.8 Å². The number of benzene rings is 3. The average molecular weight is 341 g/mol. The summed E-state index contributed by atoms with van der Waals surface area (Å²) in [6.07, 6.45) is -0.309. The number of nitrogens with one attached hydrogen (secondary N) is 1. The summed E-state index contributed by atoms with van der Waals surface area (Å²) in [5.41, 5.74) is 0.185. The zero-order chi connectivity index (χ0) is 17.8. The SMILES string of the molecule is CCC(Oc1ccc2ccccc2c1)C(=O)Nc1ccc(F)c(F)c1. The van der Waals surface area contributed by atoms with E-state index in [4.69, 9.17) is 4.74 Å². The zero-order valence-corrected chi connectivity index (χ0v) is 13.6. The Kier molecular flexibility index (Phi) is 4.93. The van der Waals surface area contributed by atoms with Gasteiger partial charge in [0.2, 0.25) is 0 Å². The molecule has 1 amide bonds. The molecule has 0 fully saturated rings. The molecule has 1 N–H and O–H groups in total. The summed E-state index contributed by atoms with van der Waals surface area (Å²) in [5, 5.41) is 4.64. The fraction of sp³-hybridized carbons (Fsp3) is 0.150. The van der Waals surface area contributed by atoms with E-state index in [1.807, 2.05) is 43.3 Å². The molecule has 3 aromatic carbocycles. The number of fused-ring (bicyclic) bond motifs is 1. The first kappa shape index (κ1) is 16.9. The third kappa shape index (κ3) is 3.94. The second-order valence-corrected chi connectivity index (χ2v) is 5.64. The number of anilines is 1. The van der Waals surface area contributed by atoms with Crippen molar-refractivity contribution in [3.8, 4) is 5.75 Å². The van der Waals surface area contributed by atoms with E-state index in [0.29, 0.717) is 12.2 Å². The molecule has 25 heavy (non-hydrogen) atoms. The molecule has 0 radical (unpaired) electrons. The van der Waals surface area contributed by atoms with E-state index >= 15 is 0 Å². The summed E-state index contributed by atoms with van der Waals surface area (Å²) < 4.78 is 32.0. The molecule has 0 saturated carbocycles. The molecule has 128 valence electrons. The fourth-order valence-electron chi connectivity index (χ4n) is 2.52. The van der Waals surface area contributed by atoms with E-state index in [2.05, 4.69) is 5.32 Å². The highest BCUT2D eigenvalue weighted by atomic mass is 19.2. The molecule has 0 spiro atoms. The largest absolute Gasteiger partial charge is 0.481 e. The molecule has 0 bridgehead atoms. The van der Waals surface area contributed by atoms with Gasteiger partial charge in [-0.15, -0.1) is 0 Å². The number of carbonyl (C=O) groups excluding carboxylic acids is 1. The first-order chi connectivity index (χ1) is 12.1. The summed E-state index contributed by atoms with van der Waals surface area (Å²) in [7, 11) is 0. The smallest absolute Gasteiger partial charge is 0.265 e. The minimum Gasteiger partial charge on any atom is -0.481 e. The van der Waals surface area contributed by atoms with Crippen molar-refractivity contribution in [3.63, 3.8) is 0 Å². The van der Waals surface area contributed by atoms with Crippen LogP contribution in [0.2, 0.25) is 0 Å². The first-order valence-electron chi connectivity index (χ1n) is 7.98. The van der Waals surface area contributed by atoms with Crippen LogP contribution in [0.25, 0.3) is 10.8 Å². The number of carbonyl (C=O) groups is 1. The van der Waals surface area contributed by atoms with Crippen molar-refractivity contribution in [1.29, 1.82) is 0 Å². The number of ether oxygens (including phenoxy) is 1. The van der Waals surface area contributed by atoms with E-state index < -0.39 is 23.6 Å². The van der Waals surface area contributed by atoms with Crippen LogP contribution in [-0.2, 0) is 4.79 Å². The number of halogens is 2. The highest BCUT2D eigenvalue weighted by Crippen LogP contribution is 2.22. The number of hydrogen-bond donors (Lipinski definition) is 1. The molecule has 1 atom stereocenters. The van der Waals surface area contributed by atoms with Gasteiger partial charge >= 0.3 is 0 Å². The lowest BCUT2D eigenvalue weighted by Crippen LogP contribution is -2.32. The second kappa shape index (κ2) is 7.30. The van der Waals surface area contributed by atoms with Gasteiger partial charge in [-0.1, -0.05) is 37.3 Å². The molecular weight excluding hydrogens is 324 g/mol. The molecule has 0 aliphatic carbocycles. The second-order valence-electron chi connectivity index (χ2n) is 5.64. The molecule has 0 aliphatic heterocycles. The van der Waals surface area contributed by atoms with E-state index in [-0.39, 0.29) is 5.69 Å². The molecule has 0 aromatic heterocycles. The standard InChI is InChI=1S/C20H17F2NO2/c1-2-19(20(24)23-15-8-10-17(21)18(22)12-15)25-16-9-7-13-5-3-4-6-14(13)11-16/h3-12,19H,2H2,1H3,(H,23,24). The predicted octanol–water partition coefficient (Wildman–Crippen LogP) is 4.91. The van der Waals surface area contributed by atoms with Crippen molar-refractivity contribution in [3.05, 3.63) is 72.3 Å². The van der Waals surface area contributed by atoms with Crippen molar-refractivity contribution >= 4 is 22.4 Å². The van der Waals surface area contributed by atoms with Crippen LogP contribution in [0.3, 0.4) is 0 Å². The van der Waals surface area contributed by atoms with E-state index in [9.17, 15) is 13.6 Å². The summed E-state index contributed by atoms with van der Waals surface area (Å²) in [6.45, 7) is 1.82. The Morgan fingerprint density at radius 2 is 1.76 bits per heavy atom. The molecule has 0 heterocycles. The maximum atomic E-state index is 13.3. The lowest BCUT2D eigenvalue weighted by Gasteiger charge is -2.17. The van der Waals surface area contributed by atoms with Crippen molar-refractivity contribution < 1.29 is 18.3 Å². The van der Waals surface area contributed by atoms with Crippen LogP contribution in [-0.4, -0.2) is 12.0 Å². The number of amides is 1. The predicted molar refractivity (Wildman–Crippen MR) is 93.6 cm³/mol. The van der Waals surface area contributed by atoms with Crippen LogP contribution in [0.15, 0.2) is 60.7 Å². The Morgan fingerprint density at radius 1 is 1.00 bits per heavy atom.